The number of aldehydes is 1. The van der Waals surface area contributed by atoms with Crippen molar-refractivity contribution in [3.63, 3.8) is 0 Å². The second kappa shape index (κ2) is 3.18. The number of hydrogen-bond donors (Lipinski definition) is 0. The van der Waals surface area contributed by atoms with Crippen LogP contribution in [-0.4, -0.2) is 6.29 Å². The summed E-state index contributed by atoms with van der Waals surface area (Å²) in [7, 11) is 0. The molecule has 0 bridgehead atoms. The van der Waals surface area contributed by atoms with Gasteiger partial charge in [0.25, 0.3) is 0 Å². The Bertz CT molecular complexity index is 116. The molecule has 0 aliphatic heterocycles. The number of rotatable bonds is 4. The van der Waals surface area contributed by atoms with Gasteiger partial charge in [-0.3, -0.25) is 0 Å². The molecule has 2 unspecified atom stereocenters. The maximum Gasteiger partial charge on any atom is 0.123 e. The van der Waals surface area contributed by atoms with E-state index < -0.39 is 0 Å². The molecular weight excluding hydrogens is 124 g/mol. The minimum absolute atomic E-state index is 0.366. The van der Waals surface area contributed by atoms with Gasteiger partial charge >= 0.3 is 0 Å². The quantitative estimate of drug-likeness (QED) is 0.547. The van der Waals surface area contributed by atoms with Gasteiger partial charge in [-0.2, -0.15) is 0 Å². The number of carbonyl (C=O) groups excluding carboxylic acids is 1. The lowest BCUT2D eigenvalue weighted by Crippen LogP contribution is -2.14. The Labute approximate surface area is 62.8 Å². The average molecular weight is 140 g/mol. The third-order valence-corrected chi connectivity index (χ3v) is 2.62. The van der Waals surface area contributed by atoms with Crippen LogP contribution in [-0.2, 0) is 4.79 Å². The summed E-state index contributed by atoms with van der Waals surface area (Å²) < 4.78 is 0. The van der Waals surface area contributed by atoms with Gasteiger partial charge in [-0.15, -0.1) is 0 Å². The normalized spacial score (nSPS) is 23.8. The molecule has 0 saturated heterocycles. The van der Waals surface area contributed by atoms with Crippen LogP contribution in [0.15, 0.2) is 0 Å². The summed E-state index contributed by atoms with van der Waals surface area (Å²) >= 11 is 0. The highest BCUT2D eigenvalue weighted by atomic mass is 16.1. The standard InChI is InChI=1S/C9H16O/c1-3-7(2)9(6-10)8-4-5-8/h6-9H,3-5H2,1-2H3. The molecule has 2 atom stereocenters. The van der Waals surface area contributed by atoms with E-state index in [2.05, 4.69) is 13.8 Å². The van der Waals surface area contributed by atoms with Crippen molar-refractivity contribution in [1.29, 1.82) is 0 Å². The molecule has 0 N–H and O–H groups in total. The minimum Gasteiger partial charge on any atom is -0.303 e. The maximum atomic E-state index is 10.6. The summed E-state index contributed by atoms with van der Waals surface area (Å²) in [6.45, 7) is 4.33. The van der Waals surface area contributed by atoms with E-state index in [1.807, 2.05) is 0 Å². The first-order chi connectivity index (χ1) is 4.79. The average Bonchev–Trinajstić information content (AvgIpc) is 2.73. The Morgan fingerprint density at radius 2 is 2.20 bits per heavy atom. The van der Waals surface area contributed by atoms with Crippen LogP contribution >= 0.6 is 0 Å². The van der Waals surface area contributed by atoms with Crippen molar-refractivity contribution in [2.45, 2.75) is 33.1 Å². The highest BCUT2D eigenvalue weighted by molar-refractivity contribution is 5.55. The largest absolute Gasteiger partial charge is 0.303 e. The van der Waals surface area contributed by atoms with Gasteiger partial charge in [0.1, 0.15) is 6.29 Å². The Balaban J connectivity index is 2.37. The molecule has 0 aromatic heterocycles. The molecule has 0 spiro atoms. The minimum atomic E-state index is 0.366. The Kier molecular flexibility index (Phi) is 2.47. The van der Waals surface area contributed by atoms with Crippen LogP contribution in [0.2, 0.25) is 0 Å². The zero-order valence-corrected chi connectivity index (χ0v) is 6.84. The lowest BCUT2D eigenvalue weighted by atomic mass is 9.89. The van der Waals surface area contributed by atoms with Gasteiger partial charge in [-0.05, 0) is 24.7 Å². The fourth-order valence-corrected chi connectivity index (χ4v) is 1.46. The molecule has 1 saturated carbocycles. The molecule has 0 radical (unpaired) electrons. The van der Waals surface area contributed by atoms with Gasteiger partial charge < -0.3 is 4.79 Å². The van der Waals surface area contributed by atoms with Crippen molar-refractivity contribution in [2.75, 3.05) is 0 Å². The third kappa shape index (κ3) is 1.59. The first-order valence-electron chi connectivity index (χ1n) is 4.24. The van der Waals surface area contributed by atoms with Crippen LogP contribution in [0.5, 0.6) is 0 Å². The fourth-order valence-electron chi connectivity index (χ4n) is 1.46. The Morgan fingerprint density at radius 3 is 2.50 bits per heavy atom. The zero-order valence-electron chi connectivity index (χ0n) is 6.84. The van der Waals surface area contributed by atoms with E-state index in [-0.39, 0.29) is 0 Å². The highest BCUT2D eigenvalue weighted by Crippen LogP contribution is 2.40. The fraction of sp³-hybridized carbons (Fsp3) is 0.889. The van der Waals surface area contributed by atoms with E-state index in [9.17, 15) is 4.79 Å². The highest BCUT2D eigenvalue weighted by Gasteiger charge is 2.33. The van der Waals surface area contributed by atoms with Crippen molar-refractivity contribution in [3.05, 3.63) is 0 Å². The number of hydrogen-bond acceptors (Lipinski definition) is 1. The van der Waals surface area contributed by atoms with Crippen LogP contribution in [0.4, 0.5) is 0 Å². The lowest BCUT2D eigenvalue weighted by molar-refractivity contribution is -0.113. The van der Waals surface area contributed by atoms with Gasteiger partial charge in [-0.1, -0.05) is 20.3 Å². The second-order valence-electron chi connectivity index (χ2n) is 3.44. The second-order valence-corrected chi connectivity index (χ2v) is 3.44. The predicted octanol–water partition coefficient (Wildman–Crippen LogP) is 2.26. The molecule has 1 rings (SSSR count). The van der Waals surface area contributed by atoms with Crippen molar-refractivity contribution in [1.82, 2.24) is 0 Å². The van der Waals surface area contributed by atoms with E-state index in [1.54, 1.807) is 0 Å². The molecule has 0 amide bonds. The molecule has 0 aromatic rings. The summed E-state index contributed by atoms with van der Waals surface area (Å²) in [5.74, 6) is 1.71. The summed E-state index contributed by atoms with van der Waals surface area (Å²) in [4.78, 5) is 10.6. The molecule has 10 heavy (non-hydrogen) atoms. The van der Waals surface area contributed by atoms with E-state index in [1.165, 1.54) is 12.8 Å². The molecule has 1 aliphatic rings. The Morgan fingerprint density at radius 1 is 1.60 bits per heavy atom. The SMILES string of the molecule is CCC(C)C(C=O)C1CC1. The van der Waals surface area contributed by atoms with Crippen LogP contribution in [0, 0.1) is 17.8 Å². The summed E-state index contributed by atoms with van der Waals surface area (Å²) in [5, 5.41) is 0. The van der Waals surface area contributed by atoms with E-state index in [4.69, 9.17) is 0 Å². The molecule has 0 aromatic carbocycles. The van der Waals surface area contributed by atoms with Crippen molar-refractivity contribution in [2.24, 2.45) is 17.8 Å². The monoisotopic (exact) mass is 140 g/mol. The molecule has 1 heteroatoms. The molecule has 1 fully saturated rings. The van der Waals surface area contributed by atoms with Gasteiger partial charge in [0, 0.05) is 5.92 Å². The predicted molar refractivity (Wildman–Crippen MR) is 41.7 cm³/mol. The lowest BCUT2D eigenvalue weighted by Gasteiger charge is -2.15. The van der Waals surface area contributed by atoms with Crippen LogP contribution in [0.3, 0.4) is 0 Å². The van der Waals surface area contributed by atoms with Gasteiger partial charge in [0.05, 0.1) is 0 Å². The topological polar surface area (TPSA) is 17.1 Å². The molecule has 58 valence electrons. The molecule has 0 heterocycles. The Hall–Kier alpha value is -0.330. The van der Waals surface area contributed by atoms with Gasteiger partial charge in [-0.25, -0.2) is 0 Å². The zero-order chi connectivity index (χ0) is 7.56. The molecule has 1 aliphatic carbocycles. The molecular formula is C9H16O. The van der Waals surface area contributed by atoms with Crippen molar-refractivity contribution < 1.29 is 4.79 Å². The molecule has 1 nitrogen and oxygen atoms in total. The number of carbonyl (C=O) groups is 1. The van der Waals surface area contributed by atoms with Gasteiger partial charge in [0.2, 0.25) is 0 Å². The van der Waals surface area contributed by atoms with Crippen molar-refractivity contribution in [3.8, 4) is 0 Å². The van der Waals surface area contributed by atoms with Gasteiger partial charge in [0.15, 0.2) is 0 Å². The summed E-state index contributed by atoms with van der Waals surface area (Å²) in [6, 6.07) is 0. The summed E-state index contributed by atoms with van der Waals surface area (Å²) in [6.07, 6.45) is 4.87. The van der Waals surface area contributed by atoms with E-state index in [0.29, 0.717) is 11.8 Å². The third-order valence-electron chi connectivity index (χ3n) is 2.62. The van der Waals surface area contributed by atoms with Crippen LogP contribution in [0.25, 0.3) is 0 Å². The van der Waals surface area contributed by atoms with Crippen molar-refractivity contribution >= 4 is 6.29 Å². The van der Waals surface area contributed by atoms with E-state index >= 15 is 0 Å². The smallest absolute Gasteiger partial charge is 0.123 e. The van der Waals surface area contributed by atoms with Crippen LogP contribution in [0.1, 0.15) is 33.1 Å². The first-order valence-corrected chi connectivity index (χ1v) is 4.24. The maximum absolute atomic E-state index is 10.6. The van der Waals surface area contributed by atoms with E-state index in [0.717, 1.165) is 18.6 Å². The first kappa shape index (κ1) is 7.77. The summed E-state index contributed by atoms with van der Waals surface area (Å²) in [5.41, 5.74) is 0. The van der Waals surface area contributed by atoms with Crippen LogP contribution < -0.4 is 0 Å².